The lowest BCUT2D eigenvalue weighted by Gasteiger charge is -2.11. The van der Waals surface area contributed by atoms with E-state index in [4.69, 9.17) is 0 Å². The third kappa shape index (κ3) is 9.87. The highest BCUT2D eigenvalue weighted by molar-refractivity contribution is 5.86. The molecule has 1 aromatic carbocycles. The van der Waals surface area contributed by atoms with Crippen LogP contribution >= 0.6 is 0 Å². The average Bonchev–Trinajstić information content (AvgIpc) is 2.58. The van der Waals surface area contributed by atoms with Gasteiger partial charge in [-0.1, -0.05) is 24.3 Å². The van der Waals surface area contributed by atoms with Crippen LogP contribution in [0.1, 0.15) is 25.0 Å². The third-order valence-corrected chi connectivity index (χ3v) is 3.11. The van der Waals surface area contributed by atoms with Crippen molar-refractivity contribution in [1.82, 2.24) is 16.0 Å². The molecule has 0 bridgehead atoms. The number of guanidine groups is 1. The molecular weight excluding hydrogens is 349 g/mol. The van der Waals surface area contributed by atoms with E-state index < -0.39 is 12.8 Å². The standard InChI is InChI=1S/C17H25F3N4O2/c1-3-21-15(25)10-24-16(22-4-2)23-9-13-5-7-14(8-6-13)11-26-12-17(18,19)20/h5-8H,3-4,9-12H2,1-2H3,(H,21,25)(H2,22,23,24). The van der Waals surface area contributed by atoms with Crippen LogP contribution in [0.2, 0.25) is 0 Å². The summed E-state index contributed by atoms with van der Waals surface area (Å²) in [6.45, 7) is 4.10. The Bertz CT molecular complexity index is 574. The first-order valence-corrected chi connectivity index (χ1v) is 8.35. The summed E-state index contributed by atoms with van der Waals surface area (Å²) in [5, 5.41) is 8.65. The number of aliphatic imine (C=N–C) groups is 1. The van der Waals surface area contributed by atoms with Gasteiger partial charge in [-0.3, -0.25) is 4.79 Å². The van der Waals surface area contributed by atoms with Crippen LogP contribution in [0.15, 0.2) is 29.3 Å². The minimum absolute atomic E-state index is 0.0974. The molecular formula is C17H25F3N4O2. The van der Waals surface area contributed by atoms with E-state index in [1.54, 1.807) is 24.3 Å². The first-order valence-electron chi connectivity index (χ1n) is 8.35. The summed E-state index contributed by atoms with van der Waals surface area (Å²) in [4.78, 5) is 15.8. The van der Waals surface area contributed by atoms with Gasteiger partial charge in [0, 0.05) is 13.1 Å². The summed E-state index contributed by atoms with van der Waals surface area (Å²) >= 11 is 0. The second-order valence-electron chi connectivity index (χ2n) is 5.43. The minimum atomic E-state index is -4.32. The maximum Gasteiger partial charge on any atom is 0.411 e. The van der Waals surface area contributed by atoms with Gasteiger partial charge in [0.1, 0.15) is 6.61 Å². The fourth-order valence-electron chi connectivity index (χ4n) is 1.96. The molecule has 0 fully saturated rings. The quantitative estimate of drug-likeness (QED) is 0.456. The molecule has 6 nitrogen and oxygen atoms in total. The van der Waals surface area contributed by atoms with Gasteiger partial charge in [0.05, 0.1) is 19.7 Å². The van der Waals surface area contributed by atoms with Crippen LogP contribution in [-0.4, -0.2) is 44.3 Å². The molecule has 0 spiro atoms. The number of hydrogen-bond donors (Lipinski definition) is 3. The number of amides is 1. The summed E-state index contributed by atoms with van der Waals surface area (Å²) in [5.41, 5.74) is 1.54. The number of benzene rings is 1. The topological polar surface area (TPSA) is 74.8 Å². The molecule has 1 aromatic rings. The summed E-state index contributed by atoms with van der Waals surface area (Å²) in [6, 6.07) is 6.97. The second kappa shape index (κ2) is 11.3. The highest BCUT2D eigenvalue weighted by Gasteiger charge is 2.27. The Labute approximate surface area is 151 Å². The van der Waals surface area contributed by atoms with Crippen molar-refractivity contribution in [2.24, 2.45) is 4.99 Å². The van der Waals surface area contributed by atoms with Crippen molar-refractivity contribution < 1.29 is 22.7 Å². The van der Waals surface area contributed by atoms with E-state index in [-0.39, 0.29) is 19.1 Å². The number of nitrogens with one attached hydrogen (secondary N) is 3. The van der Waals surface area contributed by atoms with Crippen LogP contribution in [0, 0.1) is 0 Å². The first kappa shape index (κ1) is 21.8. The Morgan fingerprint density at radius 1 is 1.04 bits per heavy atom. The van der Waals surface area contributed by atoms with E-state index in [1.165, 1.54) is 0 Å². The molecule has 9 heteroatoms. The van der Waals surface area contributed by atoms with Gasteiger partial charge in [0.2, 0.25) is 5.91 Å². The van der Waals surface area contributed by atoms with E-state index in [0.717, 1.165) is 5.56 Å². The number of halogens is 3. The molecule has 0 aliphatic carbocycles. The number of ether oxygens (including phenoxy) is 1. The molecule has 0 saturated heterocycles. The van der Waals surface area contributed by atoms with E-state index >= 15 is 0 Å². The number of carbonyl (C=O) groups excluding carboxylic acids is 1. The van der Waals surface area contributed by atoms with Crippen LogP contribution in [-0.2, 0) is 22.7 Å². The molecule has 0 saturated carbocycles. The highest BCUT2D eigenvalue weighted by atomic mass is 19.4. The van der Waals surface area contributed by atoms with Crippen LogP contribution in [0.4, 0.5) is 13.2 Å². The summed E-state index contributed by atoms with van der Waals surface area (Å²) in [5.74, 6) is 0.387. The van der Waals surface area contributed by atoms with Crippen LogP contribution in [0.25, 0.3) is 0 Å². The predicted octanol–water partition coefficient (Wildman–Crippen LogP) is 1.96. The highest BCUT2D eigenvalue weighted by Crippen LogP contribution is 2.15. The molecule has 0 aromatic heterocycles. The van der Waals surface area contributed by atoms with Gasteiger partial charge in [-0.2, -0.15) is 13.2 Å². The van der Waals surface area contributed by atoms with Gasteiger partial charge in [-0.05, 0) is 25.0 Å². The Morgan fingerprint density at radius 3 is 2.23 bits per heavy atom. The van der Waals surface area contributed by atoms with Crippen molar-refractivity contribution in [2.45, 2.75) is 33.2 Å². The average molecular weight is 374 g/mol. The molecule has 1 amide bonds. The lowest BCUT2D eigenvalue weighted by molar-refractivity contribution is -0.176. The number of hydrogen-bond acceptors (Lipinski definition) is 3. The van der Waals surface area contributed by atoms with Crippen molar-refractivity contribution >= 4 is 11.9 Å². The van der Waals surface area contributed by atoms with Gasteiger partial charge < -0.3 is 20.7 Å². The van der Waals surface area contributed by atoms with Gasteiger partial charge in [-0.25, -0.2) is 4.99 Å². The molecule has 0 unspecified atom stereocenters. The molecule has 146 valence electrons. The number of nitrogens with zero attached hydrogens (tertiary/aromatic N) is 1. The van der Waals surface area contributed by atoms with Crippen molar-refractivity contribution in [3.63, 3.8) is 0 Å². The summed E-state index contributed by atoms with van der Waals surface area (Å²) in [7, 11) is 0. The summed E-state index contributed by atoms with van der Waals surface area (Å²) in [6.07, 6.45) is -4.32. The zero-order valence-electron chi connectivity index (χ0n) is 14.9. The third-order valence-electron chi connectivity index (χ3n) is 3.11. The van der Waals surface area contributed by atoms with E-state index in [2.05, 4.69) is 25.7 Å². The largest absolute Gasteiger partial charge is 0.411 e. The molecule has 0 radical (unpaired) electrons. The van der Waals surface area contributed by atoms with Crippen LogP contribution in [0.5, 0.6) is 0 Å². The first-order chi connectivity index (χ1) is 12.3. The predicted molar refractivity (Wildman–Crippen MR) is 93.7 cm³/mol. The van der Waals surface area contributed by atoms with E-state index in [1.807, 2.05) is 13.8 Å². The lowest BCUT2D eigenvalue weighted by atomic mass is 10.1. The molecule has 1 rings (SSSR count). The minimum Gasteiger partial charge on any atom is -0.367 e. The van der Waals surface area contributed by atoms with Gasteiger partial charge in [-0.15, -0.1) is 0 Å². The molecule has 0 heterocycles. The molecule has 0 aliphatic rings. The van der Waals surface area contributed by atoms with Crippen molar-refractivity contribution in [3.05, 3.63) is 35.4 Å². The molecule has 0 atom stereocenters. The zero-order valence-corrected chi connectivity index (χ0v) is 14.9. The van der Waals surface area contributed by atoms with Crippen molar-refractivity contribution in [2.75, 3.05) is 26.2 Å². The van der Waals surface area contributed by atoms with Gasteiger partial charge in [0.25, 0.3) is 0 Å². The Kier molecular flexibility index (Phi) is 9.50. The van der Waals surface area contributed by atoms with Crippen LogP contribution < -0.4 is 16.0 Å². The van der Waals surface area contributed by atoms with Crippen molar-refractivity contribution in [3.8, 4) is 0 Å². The van der Waals surface area contributed by atoms with E-state index in [9.17, 15) is 18.0 Å². The number of rotatable bonds is 9. The summed E-state index contributed by atoms with van der Waals surface area (Å²) < 4.78 is 40.7. The molecule has 0 aliphatic heterocycles. The van der Waals surface area contributed by atoms with E-state index in [0.29, 0.717) is 31.2 Å². The zero-order chi connectivity index (χ0) is 19.4. The SMILES string of the molecule is CCNC(=O)CNC(=NCc1ccc(COCC(F)(F)F)cc1)NCC. The second-order valence-corrected chi connectivity index (χ2v) is 5.43. The van der Waals surface area contributed by atoms with Gasteiger partial charge in [0.15, 0.2) is 5.96 Å². The smallest absolute Gasteiger partial charge is 0.367 e. The molecule has 26 heavy (non-hydrogen) atoms. The molecule has 3 N–H and O–H groups in total. The number of alkyl halides is 3. The fraction of sp³-hybridized carbons (Fsp3) is 0.529. The van der Waals surface area contributed by atoms with Crippen molar-refractivity contribution in [1.29, 1.82) is 0 Å². The monoisotopic (exact) mass is 374 g/mol. The fourth-order valence-corrected chi connectivity index (χ4v) is 1.96. The maximum absolute atomic E-state index is 12.0. The lowest BCUT2D eigenvalue weighted by Crippen LogP contribution is -2.43. The Hall–Kier alpha value is -2.29. The Morgan fingerprint density at radius 2 is 1.65 bits per heavy atom. The maximum atomic E-state index is 12.0. The Balaban J connectivity index is 2.51. The number of likely N-dealkylation sites (N-methyl/N-ethyl adjacent to an activating group) is 1. The number of carbonyl (C=O) groups is 1. The normalized spacial score (nSPS) is 12.0. The van der Waals surface area contributed by atoms with Gasteiger partial charge >= 0.3 is 6.18 Å². The van der Waals surface area contributed by atoms with Crippen LogP contribution in [0.3, 0.4) is 0 Å².